The van der Waals surface area contributed by atoms with Crippen LogP contribution in [-0.4, -0.2) is 40.8 Å². The van der Waals surface area contributed by atoms with Crippen LogP contribution in [0.4, 0.5) is 4.79 Å². The fraction of sp³-hybridized carbons (Fsp3) is 0.647. The first-order chi connectivity index (χ1) is 10.2. The van der Waals surface area contributed by atoms with E-state index in [1.54, 1.807) is 11.1 Å². The summed E-state index contributed by atoms with van der Waals surface area (Å²) in [5.74, 6) is 0.952. The summed E-state index contributed by atoms with van der Waals surface area (Å²) in [5, 5.41) is 0. The van der Waals surface area contributed by atoms with Crippen molar-refractivity contribution < 1.29 is 14.3 Å². The number of carbonyl (C=O) groups excluding carboxylic acids is 1. The molecule has 0 radical (unpaired) electrons. The number of hydrogen-bond donors (Lipinski definition) is 0. The highest BCUT2D eigenvalue weighted by atomic mass is 16.6. The molecule has 2 heterocycles. The number of aromatic nitrogens is 1. The van der Waals surface area contributed by atoms with Gasteiger partial charge in [-0.05, 0) is 52.7 Å². The Kier molecular flexibility index (Phi) is 4.94. The van der Waals surface area contributed by atoms with Crippen LogP contribution in [0.15, 0.2) is 18.3 Å². The molecule has 1 aromatic rings. The Morgan fingerprint density at radius 2 is 2.14 bits per heavy atom. The Balaban J connectivity index is 1.99. The van der Waals surface area contributed by atoms with E-state index < -0.39 is 5.60 Å². The largest absolute Gasteiger partial charge is 0.475 e. The van der Waals surface area contributed by atoms with Gasteiger partial charge in [-0.2, -0.15) is 0 Å². The highest BCUT2D eigenvalue weighted by molar-refractivity contribution is 5.68. The van der Waals surface area contributed by atoms with Crippen LogP contribution in [0.25, 0.3) is 0 Å². The molecule has 0 saturated carbocycles. The molecule has 22 heavy (non-hydrogen) atoms. The average molecular weight is 306 g/mol. The first kappa shape index (κ1) is 16.6. The van der Waals surface area contributed by atoms with Crippen molar-refractivity contribution in [2.45, 2.75) is 58.7 Å². The molecule has 122 valence electrons. The zero-order chi connectivity index (χ0) is 16.3. The van der Waals surface area contributed by atoms with Crippen molar-refractivity contribution in [2.24, 2.45) is 0 Å². The minimum Gasteiger partial charge on any atom is -0.475 e. The van der Waals surface area contributed by atoms with Crippen LogP contribution in [0.1, 0.15) is 52.5 Å². The molecule has 2 rings (SSSR count). The summed E-state index contributed by atoms with van der Waals surface area (Å²) in [6, 6.07) is 3.97. The summed E-state index contributed by atoms with van der Waals surface area (Å²) in [5.41, 5.74) is 0.709. The second-order valence-corrected chi connectivity index (χ2v) is 7.01. The van der Waals surface area contributed by atoms with Crippen LogP contribution in [-0.2, 0) is 4.74 Å². The summed E-state index contributed by atoms with van der Waals surface area (Å²) in [6.07, 6.45) is 2.57. The van der Waals surface area contributed by atoms with E-state index in [1.165, 1.54) is 0 Å². The van der Waals surface area contributed by atoms with E-state index in [1.807, 2.05) is 46.8 Å². The van der Waals surface area contributed by atoms with Crippen molar-refractivity contribution in [3.05, 3.63) is 23.9 Å². The molecule has 1 fully saturated rings. The van der Waals surface area contributed by atoms with Crippen molar-refractivity contribution in [3.63, 3.8) is 0 Å². The highest BCUT2D eigenvalue weighted by Gasteiger charge is 2.30. The third kappa shape index (κ3) is 4.61. The molecule has 0 spiro atoms. The summed E-state index contributed by atoms with van der Waals surface area (Å²) in [7, 11) is 0. The second kappa shape index (κ2) is 6.55. The van der Waals surface area contributed by atoms with E-state index in [-0.39, 0.29) is 12.2 Å². The molecule has 1 aliphatic heterocycles. The number of carbonyl (C=O) groups is 1. The lowest BCUT2D eigenvalue weighted by atomic mass is 10.00. The van der Waals surface area contributed by atoms with Crippen molar-refractivity contribution >= 4 is 6.09 Å². The van der Waals surface area contributed by atoms with Gasteiger partial charge >= 0.3 is 6.09 Å². The second-order valence-electron chi connectivity index (χ2n) is 7.01. The number of likely N-dealkylation sites (tertiary alicyclic amines) is 1. The van der Waals surface area contributed by atoms with E-state index in [0.29, 0.717) is 18.3 Å². The fourth-order valence-electron chi connectivity index (χ4n) is 2.51. The lowest BCUT2D eigenvalue weighted by molar-refractivity contribution is 0.0292. The smallest absolute Gasteiger partial charge is 0.410 e. The van der Waals surface area contributed by atoms with Crippen LogP contribution in [0.2, 0.25) is 0 Å². The number of nitrogens with zero attached hydrogens (tertiary/aromatic N) is 2. The topological polar surface area (TPSA) is 51.7 Å². The summed E-state index contributed by atoms with van der Waals surface area (Å²) in [6.45, 7) is 11.0. The molecule has 0 bridgehead atoms. The quantitative estimate of drug-likeness (QED) is 0.856. The monoisotopic (exact) mass is 306 g/mol. The van der Waals surface area contributed by atoms with Gasteiger partial charge in [0.2, 0.25) is 5.88 Å². The van der Waals surface area contributed by atoms with Crippen molar-refractivity contribution in [1.29, 1.82) is 0 Å². The summed E-state index contributed by atoms with van der Waals surface area (Å²) >= 11 is 0. The van der Waals surface area contributed by atoms with E-state index in [0.717, 1.165) is 18.5 Å². The van der Waals surface area contributed by atoms with Gasteiger partial charge in [-0.1, -0.05) is 0 Å². The van der Waals surface area contributed by atoms with Gasteiger partial charge in [0.1, 0.15) is 5.60 Å². The van der Waals surface area contributed by atoms with Gasteiger partial charge in [0.05, 0.1) is 6.10 Å². The molecule has 1 atom stereocenters. The van der Waals surface area contributed by atoms with E-state index in [4.69, 9.17) is 9.47 Å². The van der Waals surface area contributed by atoms with Crippen LogP contribution in [0, 0.1) is 0 Å². The normalized spacial score (nSPS) is 18.6. The molecule has 5 nitrogen and oxygen atoms in total. The molecule has 1 aliphatic rings. The number of rotatable bonds is 3. The molecule has 5 heteroatoms. The van der Waals surface area contributed by atoms with E-state index >= 15 is 0 Å². The Bertz CT molecular complexity index is 523. The zero-order valence-electron chi connectivity index (χ0n) is 14.1. The van der Waals surface area contributed by atoms with Crippen LogP contribution >= 0.6 is 0 Å². The Morgan fingerprint density at radius 3 is 2.77 bits per heavy atom. The lowest BCUT2D eigenvalue weighted by Gasteiger charge is -2.24. The maximum atomic E-state index is 12.1. The lowest BCUT2D eigenvalue weighted by Crippen LogP contribution is -2.35. The molecule has 1 saturated heterocycles. The van der Waals surface area contributed by atoms with Crippen molar-refractivity contribution in [2.75, 3.05) is 13.1 Å². The Labute approximate surface area is 132 Å². The third-order valence-corrected chi connectivity index (χ3v) is 3.43. The number of amides is 1. The molecular weight excluding hydrogens is 280 g/mol. The van der Waals surface area contributed by atoms with Crippen LogP contribution in [0.5, 0.6) is 5.88 Å². The molecular formula is C17H26N2O3. The zero-order valence-corrected chi connectivity index (χ0v) is 14.1. The van der Waals surface area contributed by atoms with Crippen LogP contribution < -0.4 is 4.74 Å². The van der Waals surface area contributed by atoms with Crippen molar-refractivity contribution in [1.82, 2.24) is 9.88 Å². The first-order valence-corrected chi connectivity index (χ1v) is 7.85. The number of hydrogen-bond acceptors (Lipinski definition) is 4. The molecule has 1 amide bonds. The molecule has 0 aromatic carbocycles. The van der Waals surface area contributed by atoms with Crippen molar-refractivity contribution in [3.8, 4) is 5.88 Å². The average Bonchev–Trinajstić information content (AvgIpc) is 2.85. The molecule has 0 N–H and O–H groups in total. The third-order valence-electron chi connectivity index (χ3n) is 3.43. The molecule has 0 aliphatic carbocycles. The Hall–Kier alpha value is -1.78. The van der Waals surface area contributed by atoms with E-state index in [9.17, 15) is 4.79 Å². The van der Waals surface area contributed by atoms with Gasteiger partial charge in [-0.3, -0.25) is 0 Å². The predicted octanol–water partition coefficient (Wildman–Crippen LogP) is 3.59. The van der Waals surface area contributed by atoms with Gasteiger partial charge in [-0.15, -0.1) is 0 Å². The maximum absolute atomic E-state index is 12.1. The van der Waals surface area contributed by atoms with Gasteiger partial charge in [0.15, 0.2) is 0 Å². The van der Waals surface area contributed by atoms with Gasteiger partial charge < -0.3 is 14.4 Å². The highest BCUT2D eigenvalue weighted by Crippen LogP contribution is 2.29. The number of ether oxygens (including phenoxy) is 2. The van der Waals surface area contributed by atoms with Gasteiger partial charge in [-0.25, -0.2) is 9.78 Å². The minimum atomic E-state index is -0.454. The SMILES string of the molecule is CC(C)Oc1cc(C2CCN(C(=O)OC(C)(C)C)C2)ccn1. The molecule has 1 unspecified atom stereocenters. The maximum Gasteiger partial charge on any atom is 0.410 e. The fourth-order valence-corrected chi connectivity index (χ4v) is 2.51. The Morgan fingerprint density at radius 1 is 1.41 bits per heavy atom. The standard InChI is InChI=1S/C17H26N2O3/c1-12(2)21-15-10-13(6-8-18-15)14-7-9-19(11-14)16(20)22-17(3,4)5/h6,8,10,12,14H,7,9,11H2,1-5H3. The van der Waals surface area contributed by atoms with E-state index in [2.05, 4.69) is 4.98 Å². The minimum absolute atomic E-state index is 0.101. The number of pyridine rings is 1. The van der Waals surface area contributed by atoms with Crippen LogP contribution in [0.3, 0.4) is 0 Å². The van der Waals surface area contributed by atoms with Gasteiger partial charge in [0.25, 0.3) is 0 Å². The van der Waals surface area contributed by atoms with Gasteiger partial charge in [0, 0.05) is 31.3 Å². The predicted molar refractivity (Wildman–Crippen MR) is 85.2 cm³/mol. The molecule has 1 aromatic heterocycles. The summed E-state index contributed by atoms with van der Waals surface area (Å²) in [4.78, 5) is 18.1. The first-order valence-electron chi connectivity index (χ1n) is 7.85. The summed E-state index contributed by atoms with van der Waals surface area (Å²) < 4.78 is 11.1.